The van der Waals surface area contributed by atoms with Crippen LogP contribution in [0.2, 0.25) is 0 Å². The maximum atomic E-state index is 12.3. The number of rotatable bonds is 3. The molecule has 3 N–H and O–H groups in total. The molecule has 1 saturated carbocycles. The van der Waals surface area contributed by atoms with E-state index in [0.717, 1.165) is 42.6 Å². The van der Waals surface area contributed by atoms with E-state index >= 15 is 0 Å². The molecule has 1 aliphatic carbocycles. The number of carbonyl (C=O) groups excluding carboxylic acids is 1. The topological polar surface area (TPSA) is 58.4 Å². The van der Waals surface area contributed by atoms with Gasteiger partial charge < -0.3 is 16.0 Å². The smallest absolute Gasteiger partial charge is 0.244 e. The molecule has 0 aliphatic heterocycles. The Balaban J connectivity index is 2.13. The van der Waals surface area contributed by atoms with E-state index in [4.69, 9.17) is 5.73 Å². The second-order valence-corrected chi connectivity index (χ2v) is 5.71. The number of benzene rings is 1. The summed E-state index contributed by atoms with van der Waals surface area (Å²) in [5.74, 6) is -0.0503. The van der Waals surface area contributed by atoms with Gasteiger partial charge in [-0.05, 0) is 43.5 Å². The Morgan fingerprint density at radius 2 is 1.95 bits per heavy atom. The fraction of sp³-hybridized carbons (Fsp3) is 0.533. The predicted molar refractivity (Wildman–Crippen MR) is 79.5 cm³/mol. The van der Waals surface area contributed by atoms with Gasteiger partial charge in [-0.25, -0.2) is 0 Å². The van der Waals surface area contributed by atoms with E-state index in [1.54, 1.807) is 0 Å². The van der Waals surface area contributed by atoms with Gasteiger partial charge in [0.2, 0.25) is 5.91 Å². The van der Waals surface area contributed by atoms with E-state index < -0.39 is 5.54 Å². The summed E-state index contributed by atoms with van der Waals surface area (Å²) in [5.41, 5.74) is 8.52. The number of nitrogens with one attached hydrogen (secondary N) is 1. The van der Waals surface area contributed by atoms with Crippen molar-refractivity contribution >= 4 is 17.3 Å². The monoisotopic (exact) mass is 261 g/mol. The Morgan fingerprint density at radius 1 is 1.32 bits per heavy atom. The van der Waals surface area contributed by atoms with Crippen LogP contribution in [0.5, 0.6) is 0 Å². The van der Waals surface area contributed by atoms with Gasteiger partial charge in [-0.2, -0.15) is 0 Å². The maximum absolute atomic E-state index is 12.3. The molecule has 4 nitrogen and oxygen atoms in total. The van der Waals surface area contributed by atoms with Gasteiger partial charge in [0.1, 0.15) is 0 Å². The van der Waals surface area contributed by atoms with Crippen molar-refractivity contribution in [3.05, 3.63) is 23.8 Å². The number of nitrogens with two attached hydrogens (primary N) is 1. The Labute approximate surface area is 115 Å². The highest BCUT2D eigenvalue weighted by molar-refractivity contribution is 5.98. The second-order valence-electron chi connectivity index (χ2n) is 5.71. The molecule has 0 heterocycles. The molecule has 4 heteroatoms. The van der Waals surface area contributed by atoms with Crippen LogP contribution in [0.25, 0.3) is 0 Å². The molecule has 1 amide bonds. The fourth-order valence-corrected chi connectivity index (χ4v) is 2.55. The minimum atomic E-state index is -0.674. The molecule has 0 saturated heterocycles. The van der Waals surface area contributed by atoms with Gasteiger partial charge >= 0.3 is 0 Å². The van der Waals surface area contributed by atoms with Crippen LogP contribution in [0.4, 0.5) is 11.4 Å². The molecule has 1 aliphatic rings. The Morgan fingerprint density at radius 3 is 2.47 bits per heavy atom. The lowest BCUT2D eigenvalue weighted by Crippen LogP contribution is -2.48. The highest BCUT2D eigenvalue weighted by Crippen LogP contribution is 2.29. The number of hydrogen-bond acceptors (Lipinski definition) is 3. The lowest BCUT2D eigenvalue weighted by molar-refractivity contribution is -0.121. The number of aryl methyl sites for hydroxylation is 1. The molecule has 0 spiro atoms. The van der Waals surface area contributed by atoms with Crippen molar-refractivity contribution in [3.8, 4) is 0 Å². The molecule has 1 fully saturated rings. The van der Waals surface area contributed by atoms with E-state index in [1.807, 2.05) is 38.1 Å². The van der Waals surface area contributed by atoms with Crippen molar-refractivity contribution in [1.29, 1.82) is 0 Å². The van der Waals surface area contributed by atoms with Gasteiger partial charge in [0.05, 0.1) is 5.54 Å². The van der Waals surface area contributed by atoms with Crippen molar-refractivity contribution in [2.75, 3.05) is 24.3 Å². The van der Waals surface area contributed by atoms with Crippen molar-refractivity contribution < 1.29 is 4.79 Å². The molecular formula is C15H23N3O. The van der Waals surface area contributed by atoms with Gasteiger partial charge in [0.25, 0.3) is 0 Å². The average Bonchev–Trinajstić information content (AvgIpc) is 2.80. The molecule has 1 aromatic carbocycles. The van der Waals surface area contributed by atoms with Crippen molar-refractivity contribution in [2.24, 2.45) is 5.73 Å². The van der Waals surface area contributed by atoms with E-state index in [-0.39, 0.29) is 5.91 Å². The minimum absolute atomic E-state index is 0.0503. The fourth-order valence-electron chi connectivity index (χ4n) is 2.55. The molecule has 104 valence electrons. The summed E-state index contributed by atoms with van der Waals surface area (Å²) < 4.78 is 0. The third-order valence-corrected chi connectivity index (χ3v) is 3.92. The summed E-state index contributed by atoms with van der Waals surface area (Å²) in [4.78, 5) is 14.3. The number of anilines is 2. The quantitative estimate of drug-likeness (QED) is 0.877. The summed E-state index contributed by atoms with van der Waals surface area (Å²) >= 11 is 0. The SMILES string of the molecule is Cc1cc(N(C)C)ccc1NC(=O)C1(N)CCCC1. The molecule has 0 atom stereocenters. The molecule has 0 aromatic heterocycles. The lowest BCUT2D eigenvalue weighted by Gasteiger charge is -2.23. The predicted octanol–water partition coefficient (Wildman–Crippen LogP) is 2.27. The van der Waals surface area contributed by atoms with Crippen LogP contribution in [0.3, 0.4) is 0 Å². The molecule has 0 bridgehead atoms. The van der Waals surface area contributed by atoms with Crippen molar-refractivity contribution in [3.63, 3.8) is 0 Å². The van der Waals surface area contributed by atoms with E-state index in [0.29, 0.717) is 0 Å². The first-order valence-corrected chi connectivity index (χ1v) is 6.81. The zero-order valence-corrected chi connectivity index (χ0v) is 12.0. The van der Waals surface area contributed by atoms with E-state index in [1.165, 1.54) is 0 Å². The maximum Gasteiger partial charge on any atom is 0.244 e. The summed E-state index contributed by atoms with van der Waals surface area (Å²) in [5, 5.41) is 2.98. The van der Waals surface area contributed by atoms with Gasteiger partial charge in [-0.15, -0.1) is 0 Å². The molecule has 0 unspecified atom stereocenters. The summed E-state index contributed by atoms with van der Waals surface area (Å²) in [6, 6.07) is 6.01. The Hall–Kier alpha value is -1.55. The molecule has 1 aromatic rings. The van der Waals surface area contributed by atoms with Gasteiger partial charge in [0, 0.05) is 25.5 Å². The van der Waals surface area contributed by atoms with Crippen LogP contribution >= 0.6 is 0 Å². The minimum Gasteiger partial charge on any atom is -0.378 e. The first-order valence-electron chi connectivity index (χ1n) is 6.81. The summed E-state index contributed by atoms with van der Waals surface area (Å²) in [6.07, 6.45) is 3.66. The average molecular weight is 261 g/mol. The number of hydrogen-bond donors (Lipinski definition) is 2. The largest absolute Gasteiger partial charge is 0.378 e. The first kappa shape index (κ1) is 13.9. The molecule has 19 heavy (non-hydrogen) atoms. The van der Waals surface area contributed by atoms with Gasteiger partial charge in [-0.1, -0.05) is 12.8 Å². The molecular weight excluding hydrogens is 238 g/mol. The zero-order chi connectivity index (χ0) is 14.0. The highest BCUT2D eigenvalue weighted by Gasteiger charge is 2.37. The Bertz CT molecular complexity index is 476. The van der Waals surface area contributed by atoms with Crippen LogP contribution in [0.15, 0.2) is 18.2 Å². The van der Waals surface area contributed by atoms with Crippen molar-refractivity contribution in [1.82, 2.24) is 0 Å². The molecule has 2 rings (SSSR count). The van der Waals surface area contributed by atoms with Crippen LogP contribution in [0.1, 0.15) is 31.2 Å². The number of amides is 1. The number of carbonyl (C=O) groups is 1. The van der Waals surface area contributed by atoms with Crippen LogP contribution in [-0.4, -0.2) is 25.5 Å². The number of nitrogens with zero attached hydrogens (tertiary/aromatic N) is 1. The second kappa shape index (κ2) is 5.21. The standard InChI is InChI=1S/C15H23N3O/c1-11-10-12(18(2)3)6-7-13(11)17-14(19)15(16)8-4-5-9-15/h6-7,10H,4-5,8-9,16H2,1-3H3,(H,17,19). The first-order chi connectivity index (χ1) is 8.92. The van der Waals surface area contributed by atoms with Gasteiger partial charge in [0.15, 0.2) is 0 Å². The third-order valence-electron chi connectivity index (χ3n) is 3.92. The van der Waals surface area contributed by atoms with Crippen molar-refractivity contribution in [2.45, 2.75) is 38.1 Å². The van der Waals surface area contributed by atoms with Gasteiger partial charge in [-0.3, -0.25) is 4.79 Å². The summed E-state index contributed by atoms with van der Waals surface area (Å²) in [7, 11) is 4.00. The molecule has 0 radical (unpaired) electrons. The summed E-state index contributed by atoms with van der Waals surface area (Å²) in [6.45, 7) is 2.00. The Kier molecular flexibility index (Phi) is 3.80. The third kappa shape index (κ3) is 2.89. The lowest BCUT2D eigenvalue weighted by atomic mass is 9.98. The van der Waals surface area contributed by atoms with Crippen LogP contribution < -0.4 is 16.0 Å². The normalized spacial score (nSPS) is 17.3. The van der Waals surface area contributed by atoms with Crippen LogP contribution in [-0.2, 0) is 4.79 Å². The van der Waals surface area contributed by atoms with E-state index in [2.05, 4.69) is 11.4 Å². The van der Waals surface area contributed by atoms with Crippen LogP contribution in [0, 0.1) is 6.92 Å². The van der Waals surface area contributed by atoms with E-state index in [9.17, 15) is 4.79 Å². The highest BCUT2D eigenvalue weighted by atomic mass is 16.2. The zero-order valence-electron chi connectivity index (χ0n) is 12.0.